The zero-order valence-corrected chi connectivity index (χ0v) is 17.6. The van der Waals surface area contributed by atoms with Crippen molar-refractivity contribution in [1.82, 2.24) is 38.8 Å². The Kier molecular flexibility index (Phi) is 4.73. The molecule has 8 heteroatoms. The molecule has 154 valence electrons. The molecular formula is C21H30N8. The lowest BCUT2D eigenvalue weighted by Crippen LogP contribution is -2.34. The molecule has 8 nitrogen and oxygen atoms in total. The maximum atomic E-state index is 4.75. The minimum absolute atomic E-state index is 0.501. The fraction of sp³-hybridized carbons (Fsp3) is 0.619. The highest BCUT2D eigenvalue weighted by Gasteiger charge is 2.33. The Labute approximate surface area is 171 Å². The van der Waals surface area contributed by atoms with E-state index in [2.05, 4.69) is 54.7 Å². The highest BCUT2D eigenvalue weighted by atomic mass is 15.3. The van der Waals surface area contributed by atoms with Crippen LogP contribution in [0.15, 0.2) is 18.7 Å². The van der Waals surface area contributed by atoms with E-state index in [9.17, 15) is 0 Å². The molecule has 1 saturated heterocycles. The van der Waals surface area contributed by atoms with Crippen LogP contribution in [-0.2, 0) is 20.1 Å². The summed E-state index contributed by atoms with van der Waals surface area (Å²) in [7, 11) is 2.12. The van der Waals surface area contributed by atoms with Gasteiger partial charge in [-0.2, -0.15) is 0 Å². The van der Waals surface area contributed by atoms with E-state index < -0.39 is 0 Å². The number of piperidine rings is 1. The molecule has 0 unspecified atom stereocenters. The summed E-state index contributed by atoms with van der Waals surface area (Å²) in [6.45, 7) is 8.09. The first-order valence-electron chi connectivity index (χ1n) is 10.7. The lowest BCUT2D eigenvalue weighted by Gasteiger charge is -2.31. The van der Waals surface area contributed by atoms with E-state index in [1.54, 1.807) is 0 Å². The Hall–Kier alpha value is -2.48. The standard InChI is InChI=1S/C21H30N8/c1-15-16(2)26(3)19(23-15)12-27-9-6-17(7-10-27)21-25-24-20(29(21)18-4-5-18)13-28-11-8-22-14-28/h8,11,14,17-18H,4-7,9-10,12-13H2,1-3H3. The Bertz CT molecular complexity index is 971. The van der Waals surface area contributed by atoms with Gasteiger partial charge in [0.15, 0.2) is 5.82 Å². The zero-order valence-electron chi connectivity index (χ0n) is 17.6. The van der Waals surface area contributed by atoms with Gasteiger partial charge in [-0.1, -0.05) is 0 Å². The Morgan fingerprint density at radius 2 is 1.79 bits per heavy atom. The minimum Gasteiger partial charge on any atom is -0.334 e. The predicted molar refractivity (Wildman–Crippen MR) is 110 cm³/mol. The van der Waals surface area contributed by atoms with Gasteiger partial charge < -0.3 is 13.7 Å². The van der Waals surface area contributed by atoms with Gasteiger partial charge in [0.25, 0.3) is 0 Å². The maximum Gasteiger partial charge on any atom is 0.153 e. The van der Waals surface area contributed by atoms with Crippen molar-refractivity contribution in [3.05, 3.63) is 47.6 Å². The molecule has 0 atom stereocenters. The van der Waals surface area contributed by atoms with Crippen molar-refractivity contribution in [2.45, 2.75) is 64.6 Å². The van der Waals surface area contributed by atoms with Crippen molar-refractivity contribution in [2.75, 3.05) is 13.1 Å². The van der Waals surface area contributed by atoms with Crippen molar-refractivity contribution in [3.63, 3.8) is 0 Å². The Morgan fingerprint density at radius 1 is 1.00 bits per heavy atom. The number of hydrogen-bond donors (Lipinski definition) is 0. The predicted octanol–water partition coefficient (Wildman–Crippen LogP) is 2.59. The van der Waals surface area contributed by atoms with Gasteiger partial charge in [0, 0.05) is 37.1 Å². The summed E-state index contributed by atoms with van der Waals surface area (Å²) in [5, 5.41) is 9.24. The normalized spacial score (nSPS) is 18.6. The van der Waals surface area contributed by atoms with Gasteiger partial charge in [0.05, 0.1) is 25.1 Å². The molecule has 0 N–H and O–H groups in total. The second-order valence-corrected chi connectivity index (χ2v) is 8.62. The zero-order chi connectivity index (χ0) is 20.0. The van der Waals surface area contributed by atoms with Gasteiger partial charge in [-0.3, -0.25) is 4.90 Å². The average Bonchev–Trinajstić information content (AvgIpc) is 3.17. The molecule has 2 fully saturated rings. The van der Waals surface area contributed by atoms with Crippen LogP contribution in [0.4, 0.5) is 0 Å². The summed E-state index contributed by atoms with van der Waals surface area (Å²) >= 11 is 0. The minimum atomic E-state index is 0.501. The smallest absolute Gasteiger partial charge is 0.153 e. The fourth-order valence-corrected chi connectivity index (χ4v) is 4.47. The van der Waals surface area contributed by atoms with E-state index in [0.717, 1.165) is 50.5 Å². The maximum absolute atomic E-state index is 4.75. The van der Waals surface area contributed by atoms with E-state index in [1.807, 2.05) is 18.7 Å². The molecule has 3 aromatic rings. The number of likely N-dealkylation sites (tertiary alicyclic amines) is 1. The summed E-state index contributed by atoms with van der Waals surface area (Å²) in [4.78, 5) is 11.4. The van der Waals surface area contributed by atoms with Gasteiger partial charge in [-0.05, 0) is 52.6 Å². The third-order valence-corrected chi connectivity index (χ3v) is 6.62. The van der Waals surface area contributed by atoms with E-state index >= 15 is 0 Å². The summed E-state index contributed by atoms with van der Waals surface area (Å²) in [5.41, 5.74) is 2.40. The highest BCUT2D eigenvalue weighted by molar-refractivity contribution is 5.14. The monoisotopic (exact) mass is 394 g/mol. The van der Waals surface area contributed by atoms with Crippen molar-refractivity contribution in [3.8, 4) is 0 Å². The lowest BCUT2D eigenvalue weighted by atomic mass is 9.95. The summed E-state index contributed by atoms with van der Waals surface area (Å²) in [6.07, 6.45) is 10.4. The largest absolute Gasteiger partial charge is 0.334 e. The molecule has 0 spiro atoms. The van der Waals surface area contributed by atoms with Crippen LogP contribution in [0.25, 0.3) is 0 Å². The first-order chi connectivity index (χ1) is 14.1. The van der Waals surface area contributed by atoms with E-state index in [-0.39, 0.29) is 0 Å². The SMILES string of the molecule is Cc1nc(CN2CCC(c3nnc(Cn4ccnc4)n3C3CC3)CC2)n(C)c1C. The molecule has 0 amide bonds. The summed E-state index contributed by atoms with van der Waals surface area (Å²) in [6, 6.07) is 0.593. The van der Waals surface area contributed by atoms with Crippen LogP contribution < -0.4 is 0 Å². The van der Waals surface area contributed by atoms with Crippen molar-refractivity contribution < 1.29 is 0 Å². The summed E-state index contributed by atoms with van der Waals surface area (Å²) in [5.74, 6) is 3.94. The number of nitrogens with zero attached hydrogens (tertiary/aromatic N) is 8. The van der Waals surface area contributed by atoms with Crippen LogP contribution >= 0.6 is 0 Å². The van der Waals surface area contributed by atoms with Gasteiger partial charge in [-0.15, -0.1) is 10.2 Å². The molecule has 0 aromatic carbocycles. The van der Waals surface area contributed by atoms with Crippen LogP contribution in [0, 0.1) is 13.8 Å². The highest BCUT2D eigenvalue weighted by Crippen LogP contribution is 2.40. The molecule has 4 heterocycles. The van der Waals surface area contributed by atoms with E-state index in [0.29, 0.717) is 12.0 Å². The summed E-state index contributed by atoms with van der Waals surface area (Å²) < 4.78 is 6.74. The van der Waals surface area contributed by atoms with Gasteiger partial charge >= 0.3 is 0 Å². The first-order valence-corrected chi connectivity index (χ1v) is 10.7. The molecule has 0 bridgehead atoms. The first kappa shape index (κ1) is 18.5. The van der Waals surface area contributed by atoms with Crippen LogP contribution in [-0.4, -0.2) is 51.9 Å². The molecule has 5 rings (SSSR count). The second-order valence-electron chi connectivity index (χ2n) is 8.62. The molecular weight excluding hydrogens is 364 g/mol. The van der Waals surface area contributed by atoms with Crippen molar-refractivity contribution >= 4 is 0 Å². The molecule has 1 aliphatic heterocycles. The van der Waals surface area contributed by atoms with Crippen LogP contribution in [0.5, 0.6) is 0 Å². The van der Waals surface area contributed by atoms with E-state index in [4.69, 9.17) is 4.98 Å². The quantitative estimate of drug-likeness (QED) is 0.643. The van der Waals surface area contributed by atoms with Gasteiger partial charge in [0.1, 0.15) is 11.6 Å². The molecule has 3 aromatic heterocycles. The van der Waals surface area contributed by atoms with Crippen LogP contribution in [0.3, 0.4) is 0 Å². The second kappa shape index (κ2) is 7.40. The molecule has 0 radical (unpaired) electrons. The molecule has 29 heavy (non-hydrogen) atoms. The Balaban J connectivity index is 1.27. The third-order valence-electron chi connectivity index (χ3n) is 6.62. The van der Waals surface area contributed by atoms with Crippen LogP contribution in [0.1, 0.15) is 66.5 Å². The molecule has 1 saturated carbocycles. The Morgan fingerprint density at radius 3 is 2.41 bits per heavy atom. The molecule has 2 aliphatic rings. The number of aromatic nitrogens is 7. The fourth-order valence-electron chi connectivity index (χ4n) is 4.47. The van der Waals surface area contributed by atoms with Gasteiger partial charge in [-0.25, -0.2) is 9.97 Å². The number of imidazole rings is 2. The number of aryl methyl sites for hydroxylation is 1. The number of hydrogen-bond acceptors (Lipinski definition) is 5. The molecule has 1 aliphatic carbocycles. The van der Waals surface area contributed by atoms with E-state index in [1.165, 1.54) is 30.2 Å². The number of rotatable bonds is 6. The topological polar surface area (TPSA) is 69.6 Å². The van der Waals surface area contributed by atoms with Crippen molar-refractivity contribution in [2.24, 2.45) is 7.05 Å². The van der Waals surface area contributed by atoms with Gasteiger partial charge in [0.2, 0.25) is 0 Å². The third kappa shape index (κ3) is 3.61. The lowest BCUT2D eigenvalue weighted by molar-refractivity contribution is 0.194. The van der Waals surface area contributed by atoms with Crippen LogP contribution in [0.2, 0.25) is 0 Å². The van der Waals surface area contributed by atoms with Crippen molar-refractivity contribution in [1.29, 1.82) is 0 Å². The average molecular weight is 395 g/mol.